The molecule has 0 unspecified atom stereocenters. The van der Waals surface area contributed by atoms with Gasteiger partial charge >= 0.3 is 6.18 Å². The number of rotatable bonds is 4. The van der Waals surface area contributed by atoms with E-state index in [-0.39, 0.29) is 12.1 Å². The first kappa shape index (κ1) is 17.8. The number of anilines is 2. The largest absolute Gasteiger partial charge is 0.497 e. The van der Waals surface area contributed by atoms with Crippen molar-refractivity contribution in [3.8, 4) is 5.75 Å². The van der Waals surface area contributed by atoms with Crippen molar-refractivity contribution < 1.29 is 27.5 Å². The molecule has 5 nitrogen and oxygen atoms in total. The first-order valence-electron chi connectivity index (χ1n) is 7.74. The van der Waals surface area contributed by atoms with Gasteiger partial charge in [-0.3, -0.25) is 9.59 Å². The van der Waals surface area contributed by atoms with Crippen molar-refractivity contribution in [3.63, 3.8) is 0 Å². The Hall–Kier alpha value is -3.03. The number of nitrogens with one attached hydrogen (secondary N) is 1. The fourth-order valence-corrected chi connectivity index (χ4v) is 2.73. The Morgan fingerprint density at radius 3 is 2.42 bits per heavy atom. The minimum Gasteiger partial charge on any atom is -0.497 e. The quantitative estimate of drug-likeness (QED) is 0.845. The second kappa shape index (κ2) is 6.70. The third-order valence-corrected chi connectivity index (χ3v) is 4.01. The van der Waals surface area contributed by atoms with Crippen molar-refractivity contribution in [2.45, 2.75) is 18.6 Å². The van der Waals surface area contributed by atoms with Gasteiger partial charge in [-0.25, -0.2) is 4.90 Å². The lowest BCUT2D eigenvalue weighted by Crippen LogP contribution is -2.34. The van der Waals surface area contributed by atoms with E-state index in [0.717, 1.165) is 17.0 Å². The Bertz CT molecular complexity index is 834. The number of carbonyl (C=O) groups is 2. The Morgan fingerprint density at radius 2 is 1.81 bits per heavy atom. The van der Waals surface area contributed by atoms with Crippen LogP contribution in [-0.2, 0) is 15.8 Å². The number of imide groups is 1. The number of halogens is 3. The summed E-state index contributed by atoms with van der Waals surface area (Å²) < 4.78 is 43.6. The van der Waals surface area contributed by atoms with Crippen LogP contribution in [0, 0.1) is 0 Å². The third-order valence-electron chi connectivity index (χ3n) is 4.01. The zero-order valence-electron chi connectivity index (χ0n) is 13.7. The highest BCUT2D eigenvalue weighted by Crippen LogP contribution is 2.33. The second-order valence-corrected chi connectivity index (χ2v) is 5.75. The number of hydrogen-bond donors (Lipinski definition) is 1. The molecular formula is C18H15F3N2O3. The summed E-state index contributed by atoms with van der Waals surface area (Å²) >= 11 is 0. The minimum atomic E-state index is -4.55. The van der Waals surface area contributed by atoms with E-state index in [1.807, 2.05) is 0 Å². The number of methoxy groups -OCH3 is 1. The summed E-state index contributed by atoms with van der Waals surface area (Å²) in [7, 11) is 1.52. The molecule has 2 aromatic carbocycles. The van der Waals surface area contributed by atoms with Crippen LogP contribution in [0.25, 0.3) is 0 Å². The van der Waals surface area contributed by atoms with Crippen LogP contribution >= 0.6 is 0 Å². The molecule has 1 aliphatic rings. The van der Waals surface area contributed by atoms with E-state index in [2.05, 4.69) is 5.32 Å². The lowest BCUT2D eigenvalue weighted by Gasteiger charge is -2.17. The van der Waals surface area contributed by atoms with Crippen molar-refractivity contribution >= 4 is 23.2 Å². The van der Waals surface area contributed by atoms with Gasteiger partial charge in [0.15, 0.2) is 0 Å². The average molecular weight is 364 g/mol. The summed E-state index contributed by atoms with van der Waals surface area (Å²) in [6, 6.07) is 10.1. The molecule has 8 heteroatoms. The van der Waals surface area contributed by atoms with Gasteiger partial charge in [-0.05, 0) is 42.5 Å². The van der Waals surface area contributed by atoms with Crippen LogP contribution in [0.1, 0.15) is 12.0 Å². The molecule has 136 valence electrons. The van der Waals surface area contributed by atoms with Gasteiger partial charge in [-0.15, -0.1) is 0 Å². The highest BCUT2D eigenvalue weighted by atomic mass is 19.4. The molecular weight excluding hydrogens is 349 g/mol. The number of benzene rings is 2. The average Bonchev–Trinajstić information content (AvgIpc) is 2.88. The van der Waals surface area contributed by atoms with Crippen LogP contribution < -0.4 is 15.0 Å². The Morgan fingerprint density at radius 1 is 1.12 bits per heavy atom. The van der Waals surface area contributed by atoms with E-state index in [4.69, 9.17) is 4.74 Å². The van der Waals surface area contributed by atoms with E-state index in [0.29, 0.717) is 11.4 Å². The Balaban J connectivity index is 1.80. The van der Waals surface area contributed by atoms with Gasteiger partial charge in [0.1, 0.15) is 11.8 Å². The number of nitrogens with zero attached hydrogens (tertiary/aromatic N) is 1. The van der Waals surface area contributed by atoms with Gasteiger partial charge in [-0.2, -0.15) is 13.2 Å². The first-order chi connectivity index (χ1) is 12.3. The van der Waals surface area contributed by atoms with Crippen molar-refractivity contribution in [1.29, 1.82) is 0 Å². The lowest BCUT2D eigenvalue weighted by atomic mass is 10.2. The molecule has 1 saturated heterocycles. The molecule has 2 aromatic rings. The fourth-order valence-electron chi connectivity index (χ4n) is 2.73. The van der Waals surface area contributed by atoms with E-state index >= 15 is 0 Å². The molecule has 0 bridgehead atoms. The summed E-state index contributed by atoms with van der Waals surface area (Å²) in [4.78, 5) is 25.5. The zero-order valence-corrected chi connectivity index (χ0v) is 13.7. The maximum Gasteiger partial charge on any atom is 0.416 e. The van der Waals surface area contributed by atoms with E-state index in [1.165, 1.54) is 19.2 Å². The van der Waals surface area contributed by atoms with Crippen LogP contribution in [0.15, 0.2) is 48.5 Å². The molecule has 1 aliphatic heterocycles. The van der Waals surface area contributed by atoms with Crippen LogP contribution in [0.2, 0.25) is 0 Å². The molecule has 26 heavy (non-hydrogen) atoms. The maximum atomic E-state index is 12.9. The monoisotopic (exact) mass is 364 g/mol. The molecule has 0 spiro atoms. The predicted molar refractivity (Wildman–Crippen MR) is 89.0 cm³/mol. The number of alkyl halides is 3. The number of ether oxygens (including phenoxy) is 1. The number of carbonyl (C=O) groups excluding carboxylic acids is 2. The van der Waals surface area contributed by atoms with Crippen molar-refractivity contribution in [2.24, 2.45) is 0 Å². The summed E-state index contributed by atoms with van der Waals surface area (Å²) in [6.45, 7) is 0. The molecule has 1 N–H and O–H groups in total. The third kappa shape index (κ3) is 3.49. The second-order valence-electron chi connectivity index (χ2n) is 5.75. The van der Waals surface area contributed by atoms with Crippen LogP contribution in [0.3, 0.4) is 0 Å². The molecule has 0 radical (unpaired) electrons. The van der Waals surface area contributed by atoms with Crippen LogP contribution in [0.5, 0.6) is 5.75 Å². The Labute approximate surface area is 147 Å². The first-order valence-corrected chi connectivity index (χ1v) is 7.74. The standard InChI is InChI=1S/C18H15F3N2O3/c1-26-14-7-5-12(6-8-14)22-15-10-16(24)23(17(15)25)13-4-2-3-11(9-13)18(19,20)21/h2-9,15,22H,10H2,1H3/t15-/m0/s1. The molecule has 0 aliphatic carbocycles. The van der Waals surface area contributed by atoms with E-state index in [1.54, 1.807) is 24.3 Å². The molecule has 0 saturated carbocycles. The van der Waals surface area contributed by atoms with E-state index in [9.17, 15) is 22.8 Å². The van der Waals surface area contributed by atoms with E-state index < -0.39 is 29.6 Å². The lowest BCUT2D eigenvalue weighted by molar-refractivity contribution is -0.137. The summed E-state index contributed by atoms with van der Waals surface area (Å²) in [5, 5.41) is 2.93. The van der Waals surface area contributed by atoms with Gasteiger partial charge in [0.05, 0.1) is 24.8 Å². The van der Waals surface area contributed by atoms with Crippen LogP contribution in [-0.4, -0.2) is 25.0 Å². The number of hydrogen-bond acceptors (Lipinski definition) is 4. The molecule has 1 atom stereocenters. The minimum absolute atomic E-state index is 0.0890. The smallest absolute Gasteiger partial charge is 0.416 e. The number of amides is 2. The summed E-state index contributed by atoms with van der Waals surface area (Å²) in [5.74, 6) is -0.513. The van der Waals surface area contributed by atoms with Crippen molar-refractivity contribution in [1.82, 2.24) is 0 Å². The summed E-state index contributed by atoms with van der Waals surface area (Å²) in [5.41, 5.74) is -0.404. The van der Waals surface area contributed by atoms with Gasteiger partial charge < -0.3 is 10.1 Å². The van der Waals surface area contributed by atoms with Gasteiger partial charge in [-0.1, -0.05) is 6.07 Å². The zero-order chi connectivity index (χ0) is 18.9. The maximum absolute atomic E-state index is 12.9. The topological polar surface area (TPSA) is 58.6 Å². The highest BCUT2D eigenvalue weighted by molar-refractivity contribution is 6.23. The molecule has 1 fully saturated rings. The molecule has 2 amide bonds. The fraction of sp³-hybridized carbons (Fsp3) is 0.222. The van der Waals surface area contributed by atoms with Crippen molar-refractivity contribution in [3.05, 3.63) is 54.1 Å². The normalized spacial score (nSPS) is 17.5. The van der Waals surface area contributed by atoms with Crippen molar-refractivity contribution in [2.75, 3.05) is 17.3 Å². The van der Waals surface area contributed by atoms with Gasteiger partial charge in [0.25, 0.3) is 5.91 Å². The molecule has 3 rings (SSSR count). The summed E-state index contributed by atoms with van der Waals surface area (Å²) in [6.07, 6.45) is -4.69. The van der Waals surface area contributed by atoms with Gasteiger partial charge in [0.2, 0.25) is 5.91 Å². The molecule has 0 aromatic heterocycles. The predicted octanol–water partition coefficient (Wildman–Crippen LogP) is 3.46. The SMILES string of the molecule is COc1ccc(N[C@H]2CC(=O)N(c3cccc(C(F)(F)F)c3)C2=O)cc1. The van der Waals surface area contributed by atoms with Gasteiger partial charge in [0, 0.05) is 5.69 Å². The van der Waals surface area contributed by atoms with Crippen LogP contribution in [0.4, 0.5) is 24.5 Å². The highest BCUT2D eigenvalue weighted by Gasteiger charge is 2.40. The Kier molecular flexibility index (Phi) is 4.58. The molecule has 1 heterocycles.